The number of nitrogens with one attached hydrogen (secondary N) is 1. The van der Waals surface area contributed by atoms with Gasteiger partial charge in [-0.2, -0.15) is 0 Å². The van der Waals surface area contributed by atoms with E-state index in [2.05, 4.69) is 61.5 Å². The lowest BCUT2D eigenvalue weighted by atomic mass is 10.1. The fourth-order valence-electron chi connectivity index (χ4n) is 3.58. The molecule has 0 aliphatic rings. The zero-order valence-corrected chi connectivity index (χ0v) is 17.8. The predicted octanol–water partition coefficient (Wildman–Crippen LogP) is 5.40. The Kier molecular flexibility index (Phi) is 6.15. The highest BCUT2D eigenvalue weighted by Crippen LogP contribution is 2.17. The van der Waals surface area contributed by atoms with E-state index >= 15 is 0 Å². The molecule has 0 fully saturated rings. The molecule has 5 heteroatoms. The normalized spacial score (nSPS) is 11.1. The topological polar surface area (TPSA) is 42.9 Å². The molecule has 29 heavy (non-hydrogen) atoms. The summed E-state index contributed by atoms with van der Waals surface area (Å²) in [5.74, 6) is 0.870. The first-order valence-electron chi connectivity index (χ1n) is 9.87. The van der Waals surface area contributed by atoms with Crippen LogP contribution in [0.3, 0.4) is 0 Å². The Bertz CT molecular complexity index is 1130. The number of ether oxygens (including phenoxy) is 1. The minimum atomic E-state index is 0.547. The number of nitrogens with zero attached hydrogens (tertiary/aromatic N) is 2. The molecule has 0 saturated carbocycles. The van der Waals surface area contributed by atoms with Crippen LogP contribution in [-0.4, -0.2) is 15.7 Å². The van der Waals surface area contributed by atoms with Crippen LogP contribution in [0.2, 0.25) is 0 Å². The van der Waals surface area contributed by atoms with Gasteiger partial charge in [-0.1, -0.05) is 58.4 Å². The molecule has 0 bridgehead atoms. The van der Waals surface area contributed by atoms with Gasteiger partial charge in [0.15, 0.2) is 0 Å². The molecule has 1 heterocycles. The summed E-state index contributed by atoms with van der Waals surface area (Å²) in [5, 5.41) is 8.74. The van der Waals surface area contributed by atoms with E-state index in [-0.39, 0.29) is 0 Å². The van der Waals surface area contributed by atoms with E-state index in [1.807, 2.05) is 42.5 Å². The minimum absolute atomic E-state index is 0.547. The zero-order valence-electron chi connectivity index (χ0n) is 16.2. The van der Waals surface area contributed by atoms with Crippen molar-refractivity contribution in [3.05, 3.63) is 94.5 Å². The third-order valence-electron chi connectivity index (χ3n) is 5.05. The van der Waals surface area contributed by atoms with Crippen LogP contribution < -0.4 is 10.4 Å². The van der Waals surface area contributed by atoms with Crippen LogP contribution in [0.4, 0.5) is 0 Å². The number of hydrogen-bond acceptors (Lipinski definition) is 2. The van der Waals surface area contributed by atoms with Gasteiger partial charge in [0.1, 0.15) is 5.75 Å². The molecule has 1 aromatic heterocycles. The number of aromatic nitrogens is 2. The fraction of sp³-hybridized carbons (Fsp3) is 0.208. The van der Waals surface area contributed by atoms with Crippen LogP contribution in [0, 0.1) is 5.41 Å². The van der Waals surface area contributed by atoms with Gasteiger partial charge in [-0.3, -0.25) is 5.41 Å². The maximum atomic E-state index is 8.74. The summed E-state index contributed by atoms with van der Waals surface area (Å²) in [6, 6.07) is 26.6. The number of para-hydroxylation sites is 2. The molecule has 0 aliphatic heterocycles. The van der Waals surface area contributed by atoms with E-state index in [1.165, 1.54) is 5.56 Å². The second-order valence-electron chi connectivity index (χ2n) is 7.01. The van der Waals surface area contributed by atoms with E-state index in [0.29, 0.717) is 12.2 Å². The van der Waals surface area contributed by atoms with Crippen LogP contribution in [-0.2, 0) is 19.5 Å². The van der Waals surface area contributed by atoms with E-state index < -0.39 is 0 Å². The van der Waals surface area contributed by atoms with Gasteiger partial charge in [0.05, 0.1) is 17.6 Å². The standard InChI is InChI=1S/C24H24BrN3O/c25-20-11-13-21(14-12-20)29-18-6-16-27-22-9-4-5-10-23(22)28(24(27)26)17-15-19-7-2-1-3-8-19/h1-5,7-14,26H,6,15-18H2. The summed E-state index contributed by atoms with van der Waals surface area (Å²) in [4.78, 5) is 0. The van der Waals surface area contributed by atoms with Crippen molar-refractivity contribution in [3.63, 3.8) is 0 Å². The van der Waals surface area contributed by atoms with Crippen LogP contribution in [0.15, 0.2) is 83.3 Å². The molecule has 0 radical (unpaired) electrons. The third kappa shape index (κ3) is 4.62. The molecular formula is C24H24BrN3O. The Labute approximate surface area is 179 Å². The Morgan fingerprint density at radius 1 is 0.759 bits per heavy atom. The second kappa shape index (κ2) is 9.14. The molecule has 3 aromatic carbocycles. The van der Waals surface area contributed by atoms with Crippen LogP contribution in [0.25, 0.3) is 11.0 Å². The quantitative estimate of drug-likeness (QED) is 0.359. The van der Waals surface area contributed by atoms with Gasteiger partial charge in [-0.25, -0.2) is 0 Å². The summed E-state index contributed by atoms with van der Waals surface area (Å²) < 4.78 is 11.1. The summed E-state index contributed by atoms with van der Waals surface area (Å²) in [6.07, 6.45) is 1.76. The molecule has 0 atom stereocenters. The monoisotopic (exact) mass is 449 g/mol. The van der Waals surface area contributed by atoms with Gasteiger partial charge in [0.25, 0.3) is 0 Å². The predicted molar refractivity (Wildman–Crippen MR) is 120 cm³/mol. The molecular weight excluding hydrogens is 426 g/mol. The first-order valence-corrected chi connectivity index (χ1v) is 10.7. The lowest BCUT2D eigenvalue weighted by molar-refractivity contribution is 0.301. The van der Waals surface area contributed by atoms with Crippen molar-refractivity contribution < 1.29 is 4.74 Å². The Hall–Kier alpha value is -2.79. The Morgan fingerprint density at radius 2 is 1.38 bits per heavy atom. The fourth-order valence-corrected chi connectivity index (χ4v) is 3.84. The lowest BCUT2D eigenvalue weighted by Crippen LogP contribution is -2.26. The maximum absolute atomic E-state index is 8.74. The maximum Gasteiger partial charge on any atom is 0.203 e. The number of hydrogen-bond donors (Lipinski definition) is 1. The van der Waals surface area contributed by atoms with Gasteiger partial charge < -0.3 is 13.9 Å². The highest BCUT2D eigenvalue weighted by atomic mass is 79.9. The van der Waals surface area contributed by atoms with Crippen molar-refractivity contribution in [2.75, 3.05) is 6.61 Å². The molecule has 0 unspecified atom stereocenters. The molecule has 1 N–H and O–H groups in total. The highest BCUT2D eigenvalue weighted by molar-refractivity contribution is 9.10. The summed E-state index contributed by atoms with van der Waals surface area (Å²) in [7, 11) is 0. The lowest BCUT2D eigenvalue weighted by Gasteiger charge is -2.08. The number of fused-ring (bicyclic) bond motifs is 1. The number of aryl methyl sites for hydroxylation is 3. The van der Waals surface area contributed by atoms with Crippen molar-refractivity contribution >= 4 is 27.0 Å². The van der Waals surface area contributed by atoms with Gasteiger partial charge in [0.2, 0.25) is 5.62 Å². The van der Waals surface area contributed by atoms with Crippen LogP contribution in [0.1, 0.15) is 12.0 Å². The average Bonchev–Trinajstić information content (AvgIpc) is 3.02. The Morgan fingerprint density at radius 3 is 2.07 bits per heavy atom. The molecule has 4 rings (SSSR count). The zero-order chi connectivity index (χ0) is 20.1. The molecule has 4 nitrogen and oxygen atoms in total. The molecule has 148 valence electrons. The smallest absolute Gasteiger partial charge is 0.203 e. The number of benzene rings is 3. The SMILES string of the molecule is N=c1n(CCCOc2ccc(Br)cc2)c2ccccc2n1CCc1ccccc1. The van der Waals surface area contributed by atoms with Gasteiger partial charge in [-0.15, -0.1) is 0 Å². The van der Waals surface area contributed by atoms with Gasteiger partial charge >= 0.3 is 0 Å². The van der Waals surface area contributed by atoms with E-state index in [4.69, 9.17) is 10.1 Å². The molecule has 4 aromatic rings. The Balaban J connectivity index is 1.46. The largest absolute Gasteiger partial charge is 0.494 e. The van der Waals surface area contributed by atoms with Gasteiger partial charge in [-0.05, 0) is 54.8 Å². The number of halogens is 1. The van der Waals surface area contributed by atoms with Crippen molar-refractivity contribution in [1.29, 1.82) is 5.41 Å². The highest BCUT2D eigenvalue weighted by Gasteiger charge is 2.10. The molecule has 0 aliphatic carbocycles. The third-order valence-corrected chi connectivity index (χ3v) is 5.58. The first kappa shape index (κ1) is 19.5. The van der Waals surface area contributed by atoms with Crippen molar-refractivity contribution in [2.45, 2.75) is 25.9 Å². The molecule has 0 spiro atoms. The summed E-state index contributed by atoms with van der Waals surface area (Å²) in [5.41, 5.74) is 4.06. The average molecular weight is 450 g/mol. The first-order chi connectivity index (χ1) is 14.2. The van der Waals surface area contributed by atoms with Crippen molar-refractivity contribution in [1.82, 2.24) is 9.13 Å². The van der Waals surface area contributed by atoms with Crippen molar-refractivity contribution in [2.24, 2.45) is 0 Å². The molecule has 0 saturated heterocycles. The summed E-state index contributed by atoms with van der Waals surface area (Å²) in [6.45, 7) is 2.18. The van der Waals surface area contributed by atoms with Crippen LogP contribution >= 0.6 is 15.9 Å². The second-order valence-corrected chi connectivity index (χ2v) is 7.92. The van der Waals surface area contributed by atoms with Crippen LogP contribution in [0.5, 0.6) is 5.75 Å². The number of rotatable bonds is 8. The summed E-state index contributed by atoms with van der Waals surface area (Å²) >= 11 is 3.44. The van der Waals surface area contributed by atoms with Gasteiger partial charge in [0, 0.05) is 17.6 Å². The minimum Gasteiger partial charge on any atom is -0.494 e. The van der Waals surface area contributed by atoms with E-state index in [0.717, 1.165) is 47.2 Å². The van der Waals surface area contributed by atoms with Crippen molar-refractivity contribution in [3.8, 4) is 5.75 Å². The number of imidazole rings is 1. The van der Waals surface area contributed by atoms with E-state index in [1.54, 1.807) is 0 Å². The van der Waals surface area contributed by atoms with E-state index in [9.17, 15) is 0 Å². The molecule has 0 amide bonds.